The van der Waals surface area contributed by atoms with Gasteiger partial charge in [-0.05, 0) is 24.7 Å². The fourth-order valence-corrected chi connectivity index (χ4v) is 1.85. The first-order chi connectivity index (χ1) is 7.60. The maximum Gasteiger partial charge on any atom is 0.229 e. The van der Waals surface area contributed by atoms with Gasteiger partial charge in [0.1, 0.15) is 0 Å². The Labute approximate surface area is 96.9 Å². The minimum atomic E-state index is -0.0285. The maximum absolute atomic E-state index is 11.7. The van der Waals surface area contributed by atoms with Crippen molar-refractivity contribution < 1.29 is 4.79 Å². The molecule has 1 unspecified atom stereocenters. The van der Waals surface area contributed by atoms with Gasteiger partial charge in [-0.3, -0.25) is 14.7 Å². The lowest BCUT2D eigenvalue weighted by molar-refractivity contribution is -0.117. The summed E-state index contributed by atoms with van der Waals surface area (Å²) in [5.74, 6) is 0.627. The van der Waals surface area contributed by atoms with E-state index in [1.807, 2.05) is 0 Å². The van der Waals surface area contributed by atoms with E-state index in [0.29, 0.717) is 25.5 Å². The van der Waals surface area contributed by atoms with Crippen molar-refractivity contribution in [1.82, 2.24) is 15.0 Å². The molecule has 1 saturated heterocycles. The lowest BCUT2D eigenvalue weighted by Gasteiger charge is -2.14. The molecule has 0 aromatic carbocycles. The lowest BCUT2D eigenvalue weighted by Crippen LogP contribution is -2.28. The third-order valence-electron chi connectivity index (χ3n) is 2.45. The number of aromatic amines is 1. The average Bonchev–Trinajstić information content (AvgIpc) is 2.58. The van der Waals surface area contributed by atoms with Gasteiger partial charge in [-0.15, -0.1) is 0 Å². The van der Waals surface area contributed by atoms with Crippen molar-refractivity contribution in [2.45, 2.75) is 6.42 Å². The van der Waals surface area contributed by atoms with Crippen molar-refractivity contribution in [2.75, 3.05) is 23.7 Å². The number of amides is 1. The Morgan fingerprint density at radius 2 is 2.31 bits per heavy atom. The predicted octanol–water partition coefficient (Wildman–Crippen LogP) is -0.572. The van der Waals surface area contributed by atoms with Gasteiger partial charge in [0.05, 0.1) is 0 Å². The number of nitrogen functional groups attached to an aromatic ring is 1. The number of rotatable bonds is 2. The Balaban J connectivity index is 2.31. The summed E-state index contributed by atoms with van der Waals surface area (Å²) in [6.07, 6.45) is 0.432. The second kappa shape index (κ2) is 4.14. The van der Waals surface area contributed by atoms with Crippen molar-refractivity contribution in [2.24, 2.45) is 11.7 Å². The molecule has 1 fully saturated rings. The van der Waals surface area contributed by atoms with Gasteiger partial charge in [-0.2, -0.15) is 9.97 Å². The van der Waals surface area contributed by atoms with Gasteiger partial charge >= 0.3 is 0 Å². The molecule has 16 heavy (non-hydrogen) atoms. The highest BCUT2D eigenvalue weighted by Crippen LogP contribution is 2.21. The molecule has 1 aromatic heterocycles. The molecule has 0 aliphatic carbocycles. The van der Waals surface area contributed by atoms with Crippen LogP contribution in [0, 0.1) is 10.7 Å². The summed E-state index contributed by atoms with van der Waals surface area (Å²) < 4.78 is 0.121. The number of aromatic nitrogens is 3. The van der Waals surface area contributed by atoms with Crippen molar-refractivity contribution in [3.8, 4) is 0 Å². The molecular weight excluding hydrogens is 228 g/mol. The number of carbonyl (C=O) groups excluding carboxylic acids is 1. The number of hydrogen-bond acceptors (Lipinski definition) is 6. The van der Waals surface area contributed by atoms with Gasteiger partial charge in [0.2, 0.25) is 22.6 Å². The summed E-state index contributed by atoms with van der Waals surface area (Å²) in [6.45, 7) is 1.01. The highest BCUT2D eigenvalue weighted by Gasteiger charge is 2.31. The zero-order chi connectivity index (χ0) is 11.7. The summed E-state index contributed by atoms with van der Waals surface area (Å²) in [5, 5.41) is 0. The Hall–Kier alpha value is -1.54. The topological polar surface area (TPSA) is 114 Å². The molecule has 86 valence electrons. The van der Waals surface area contributed by atoms with E-state index < -0.39 is 0 Å². The van der Waals surface area contributed by atoms with Gasteiger partial charge in [0.25, 0.3) is 0 Å². The summed E-state index contributed by atoms with van der Waals surface area (Å²) in [6, 6.07) is 0. The minimum absolute atomic E-state index is 0.0285. The molecule has 8 heteroatoms. The first-order valence-corrected chi connectivity index (χ1v) is 5.25. The van der Waals surface area contributed by atoms with E-state index >= 15 is 0 Å². The van der Waals surface area contributed by atoms with Crippen LogP contribution in [0.4, 0.5) is 11.9 Å². The molecule has 5 N–H and O–H groups in total. The van der Waals surface area contributed by atoms with E-state index in [9.17, 15) is 4.79 Å². The highest BCUT2D eigenvalue weighted by molar-refractivity contribution is 7.71. The third-order valence-corrected chi connectivity index (χ3v) is 2.63. The van der Waals surface area contributed by atoms with Crippen molar-refractivity contribution in [3.63, 3.8) is 0 Å². The van der Waals surface area contributed by atoms with Crippen molar-refractivity contribution in [3.05, 3.63) is 4.77 Å². The first-order valence-electron chi connectivity index (χ1n) is 4.84. The molecule has 7 nitrogen and oxygen atoms in total. The van der Waals surface area contributed by atoms with Crippen LogP contribution >= 0.6 is 12.2 Å². The second-order valence-corrected chi connectivity index (χ2v) is 4.02. The molecular formula is C8H12N6OS. The van der Waals surface area contributed by atoms with E-state index in [1.54, 1.807) is 0 Å². The van der Waals surface area contributed by atoms with E-state index in [2.05, 4.69) is 15.0 Å². The Morgan fingerprint density at radius 1 is 1.56 bits per heavy atom. The largest absolute Gasteiger partial charge is 0.369 e. The van der Waals surface area contributed by atoms with Crippen LogP contribution in [0.3, 0.4) is 0 Å². The normalized spacial score (nSPS) is 20.4. The van der Waals surface area contributed by atoms with Gasteiger partial charge in [0, 0.05) is 13.0 Å². The Bertz CT molecular complexity index is 472. The minimum Gasteiger partial charge on any atom is -0.369 e. The predicted molar refractivity (Wildman–Crippen MR) is 61.1 cm³/mol. The average molecular weight is 240 g/mol. The standard InChI is InChI=1S/C8H12N6OS/c9-2-4-1-5(15)14(3-4)7-11-6(10)12-8(16)13-7/h4H,1-3,9H2,(H3,10,11,12,13,16). The maximum atomic E-state index is 11.7. The number of hydrogen-bond donors (Lipinski definition) is 3. The number of nitrogens with two attached hydrogens (primary N) is 2. The van der Waals surface area contributed by atoms with Crippen LogP contribution in [0.1, 0.15) is 6.42 Å². The van der Waals surface area contributed by atoms with Gasteiger partial charge < -0.3 is 11.5 Å². The van der Waals surface area contributed by atoms with Crippen LogP contribution in [0.25, 0.3) is 0 Å². The Morgan fingerprint density at radius 3 is 2.88 bits per heavy atom. The number of anilines is 2. The fourth-order valence-electron chi connectivity index (χ4n) is 1.66. The van der Waals surface area contributed by atoms with Crippen LogP contribution < -0.4 is 16.4 Å². The summed E-state index contributed by atoms with van der Waals surface area (Å²) in [5.41, 5.74) is 11.0. The van der Waals surface area contributed by atoms with E-state index in [1.165, 1.54) is 4.90 Å². The fraction of sp³-hybridized carbons (Fsp3) is 0.500. The second-order valence-electron chi connectivity index (χ2n) is 3.65. The van der Waals surface area contributed by atoms with Crippen LogP contribution in [-0.4, -0.2) is 33.9 Å². The van der Waals surface area contributed by atoms with E-state index in [-0.39, 0.29) is 22.5 Å². The number of carbonyl (C=O) groups is 1. The number of nitrogens with one attached hydrogen (secondary N) is 1. The smallest absolute Gasteiger partial charge is 0.229 e. The monoisotopic (exact) mass is 240 g/mol. The Kier molecular flexibility index (Phi) is 2.84. The van der Waals surface area contributed by atoms with Crippen LogP contribution in [0.5, 0.6) is 0 Å². The molecule has 2 rings (SSSR count). The van der Waals surface area contributed by atoms with Crippen LogP contribution in [0.15, 0.2) is 0 Å². The zero-order valence-electron chi connectivity index (χ0n) is 8.51. The van der Waals surface area contributed by atoms with Crippen LogP contribution in [-0.2, 0) is 4.79 Å². The molecule has 0 radical (unpaired) electrons. The summed E-state index contributed by atoms with van der Waals surface area (Å²) in [4.78, 5) is 23.6. The first kappa shape index (κ1) is 11.0. The molecule has 1 atom stereocenters. The summed E-state index contributed by atoms with van der Waals surface area (Å²) in [7, 11) is 0. The quantitative estimate of drug-likeness (QED) is 0.596. The molecule has 2 heterocycles. The van der Waals surface area contributed by atoms with Gasteiger partial charge in [-0.25, -0.2) is 0 Å². The molecule has 0 saturated carbocycles. The lowest BCUT2D eigenvalue weighted by atomic mass is 10.1. The van der Waals surface area contributed by atoms with Gasteiger partial charge in [-0.1, -0.05) is 0 Å². The van der Waals surface area contributed by atoms with Crippen molar-refractivity contribution in [1.29, 1.82) is 0 Å². The third kappa shape index (κ3) is 2.02. The number of H-pyrrole nitrogens is 1. The van der Waals surface area contributed by atoms with Gasteiger partial charge in [0.15, 0.2) is 0 Å². The highest BCUT2D eigenvalue weighted by atomic mass is 32.1. The molecule has 0 bridgehead atoms. The van der Waals surface area contributed by atoms with E-state index in [4.69, 9.17) is 23.7 Å². The molecule has 1 aliphatic heterocycles. The zero-order valence-corrected chi connectivity index (χ0v) is 9.33. The molecule has 1 aliphatic rings. The summed E-state index contributed by atoms with van der Waals surface area (Å²) >= 11 is 4.83. The SMILES string of the molecule is NCC1CC(=O)N(c2nc(=S)nc(N)[nH]2)C1. The molecule has 1 amide bonds. The van der Waals surface area contributed by atoms with Crippen molar-refractivity contribution >= 4 is 30.0 Å². The van der Waals surface area contributed by atoms with Crippen LogP contribution in [0.2, 0.25) is 0 Å². The number of nitrogens with zero attached hydrogens (tertiary/aromatic N) is 3. The molecule has 1 aromatic rings. The molecule has 0 spiro atoms. The van der Waals surface area contributed by atoms with E-state index in [0.717, 1.165) is 0 Å².